The Morgan fingerprint density at radius 1 is 1.12 bits per heavy atom. The van der Waals surface area contributed by atoms with Crippen LogP contribution < -0.4 is 0 Å². The fraction of sp³-hybridized carbons (Fsp3) is 0.895. The Labute approximate surface area is 145 Å². The van der Waals surface area contributed by atoms with E-state index in [1.165, 1.54) is 19.3 Å². The maximum atomic E-state index is 12.7. The van der Waals surface area contributed by atoms with Crippen molar-refractivity contribution in [1.82, 2.24) is 9.80 Å². The van der Waals surface area contributed by atoms with Gasteiger partial charge in [0.05, 0.1) is 6.54 Å². The second kappa shape index (κ2) is 6.66. The SMILES string of the molecule is CN(C(=O)CN1C(C(=O)OC(C)(C)C)CC2CCCCC21)C1CC1. The van der Waals surface area contributed by atoms with E-state index < -0.39 is 5.60 Å². The molecule has 136 valence electrons. The van der Waals surface area contributed by atoms with Gasteiger partial charge in [0, 0.05) is 19.1 Å². The van der Waals surface area contributed by atoms with E-state index in [0.29, 0.717) is 24.5 Å². The zero-order valence-corrected chi connectivity index (χ0v) is 15.6. The van der Waals surface area contributed by atoms with Gasteiger partial charge in [-0.1, -0.05) is 12.8 Å². The number of rotatable bonds is 4. The van der Waals surface area contributed by atoms with Crippen molar-refractivity contribution in [2.75, 3.05) is 13.6 Å². The monoisotopic (exact) mass is 336 g/mol. The van der Waals surface area contributed by atoms with Crippen LogP contribution in [0.25, 0.3) is 0 Å². The number of nitrogens with zero attached hydrogens (tertiary/aromatic N) is 2. The van der Waals surface area contributed by atoms with E-state index >= 15 is 0 Å². The Hall–Kier alpha value is -1.10. The molecular weight excluding hydrogens is 304 g/mol. The van der Waals surface area contributed by atoms with Crippen LogP contribution >= 0.6 is 0 Å². The highest BCUT2D eigenvalue weighted by Gasteiger charge is 2.47. The van der Waals surface area contributed by atoms with Gasteiger partial charge in [-0.25, -0.2) is 0 Å². The molecule has 3 rings (SSSR count). The summed E-state index contributed by atoms with van der Waals surface area (Å²) < 4.78 is 5.65. The molecule has 3 aliphatic rings. The van der Waals surface area contributed by atoms with Crippen molar-refractivity contribution in [3.05, 3.63) is 0 Å². The van der Waals surface area contributed by atoms with Crippen molar-refractivity contribution < 1.29 is 14.3 Å². The van der Waals surface area contributed by atoms with Crippen LogP contribution in [0, 0.1) is 5.92 Å². The van der Waals surface area contributed by atoms with E-state index in [0.717, 1.165) is 25.7 Å². The van der Waals surface area contributed by atoms with Gasteiger partial charge >= 0.3 is 5.97 Å². The molecule has 1 aliphatic heterocycles. The molecule has 3 atom stereocenters. The van der Waals surface area contributed by atoms with Gasteiger partial charge in [-0.05, 0) is 58.8 Å². The zero-order valence-electron chi connectivity index (χ0n) is 15.6. The van der Waals surface area contributed by atoms with Gasteiger partial charge in [-0.2, -0.15) is 0 Å². The minimum absolute atomic E-state index is 0.150. The minimum Gasteiger partial charge on any atom is -0.459 e. The summed E-state index contributed by atoms with van der Waals surface area (Å²) in [6.07, 6.45) is 7.79. The van der Waals surface area contributed by atoms with Crippen LogP contribution in [0.1, 0.15) is 65.7 Å². The summed E-state index contributed by atoms with van der Waals surface area (Å²) in [5.41, 5.74) is -0.481. The van der Waals surface area contributed by atoms with Gasteiger partial charge in [-0.15, -0.1) is 0 Å². The third kappa shape index (κ3) is 3.93. The predicted octanol–water partition coefficient (Wildman–Crippen LogP) is 2.58. The molecule has 5 heteroatoms. The predicted molar refractivity (Wildman–Crippen MR) is 92.5 cm³/mol. The average Bonchev–Trinajstić information content (AvgIpc) is 3.28. The summed E-state index contributed by atoms with van der Waals surface area (Å²) in [5, 5.41) is 0. The maximum Gasteiger partial charge on any atom is 0.323 e. The number of ether oxygens (including phenoxy) is 1. The molecular formula is C19H32N2O3. The molecule has 0 bridgehead atoms. The highest BCUT2D eigenvalue weighted by molar-refractivity contribution is 5.81. The number of esters is 1. The molecule has 1 amide bonds. The second-order valence-corrected chi connectivity index (χ2v) is 8.81. The third-order valence-corrected chi connectivity index (χ3v) is 5.71. The Morgan fingerprint density at radius 3 is 2.42 bits per heavy atom. The van der Waals surface area contributed by atoms with Gasteiger partial charge in [0.15, 0.2) is 0 Å². The molecule has 0 N–H and O–H groups in total. The number of carbonyl (C=O) groups excluding carboxylic acids is 2. The van der Waals surface area contributed by atoms with Crippen LogP contribution in [0.15, 0.2) is 0 Å². The van der Waals surface area contributed by atoms with Crippen molar-refractivity contribution in [1.29, 1.82) is 0 Å². The summed E-state index contributed by atoms with van der Waals surface area (Å²) in [6.45, 7) is 6.08. The lowest BCUT2D eigenvalue weighted by atomic mass is 9.85. The number of hydrogen-bond acceptors (Lipinski definition) is 4. The fourth-order valence-electron chi connectivity index (χ4n) is 4.31. The molecule has 5 nitrogen and oxygen atoms in total. The van der Waals surface area contributed by atoms with Crippen LogP contribution in [0.4, 0.5) is 0 Å². The topological polar surface area (TPSA) is 49.9 Å². The standard InChI is InChI=1S/C19H32N2O3/c1-19(2,3)24-18(23)16-11-13-7-5-6-8-15(13)21(16)12-17(22)20(4)14-9-10-14/h13-16H,5-12H2,1-4H3. The smallest absolute Gasteiger partial charge is 0.323 e. The van der Waals surface area contributed by atoms with Crippen molar-refractivity contribution in [3.8, 4) is 0 Å². The van der Waals surface area contributed by atoms with Crippen LogP contribution in [0.3, 0.4) is 0 Å². The van der Waals surface area contributed by atoms with E-state index in [9.17, 15) is 9.59 Å². The van der Waals surface area contributed by atoms with E-state index in [4.69, 9.17) is 4.74 Å². The van der Waals surface area contributed by atoms with E-state index in [-0.39, 0.29) is 17.9 Å². The fourth-order valence-corrected chi connectivity index (χ4v) is 4.31. The maximum absolute atomic E-state index is 12.7. The van der Waals surface area contributed by atoms with Crippen molar-refractivity contribution in [2.24, 2.45) is 5.92 Å². The molecule has 0 aromatic heterocycles. The second-order valence-electron chi connectivity index (χ2n) is 8.81. The van der Waals surface area contributed by atoms with Gasteiger partial charge in [0.1, 0.15) is 11.6 Å². The minimum atomic E-state index is -0.481. The number of hydrogen-bond donors (Lipinski definition) is 0. The van der Waals surface area contributed by atoms with E-state index in [1.54, 1.807) is 0 Å². The number of fused-ring (bicyclic) bond motifs is 1. The molecule has 0 radical (unpaired) electrons. The molecule has 2 aliphatic carbocycles. The Morgan fingerprint density at radius 2 is 1.79 bits per heavy atom. The largest absolute Gasteiger partial charge is 0.459 e. The molecule has 0 aromatic carbocycles. The number of amides is 1. The molecule has 3 unspecified atom stereocenters. The molecule has 3 fully saturated rings. The summed E-state index contributed by atoms with van der Waals surface area (Å²) in [7, 11) is 1.90. The summed E-state index contributed by atoms with van der Waals surface area (Å²) in [6, 6.07) is 0.531. The molecule has 0 spiro atoms. The number of carbonyl (C=O) groups is 2. The van der Waals surface area contributed by atoms with Crippen LogP contribution in [0.5, 0.6) is 0 Å². The van der Waals surface area contributed by atoms with Gasteiger partial charge in [0.25, 0.3) is 0 Å². The van der Waals surface area contributed by atoms with E-state index in [1.807, 2.05) is 32.7 Å². The molecule has 2 saturated carbocycles. The number of likely N-dealkylation sites (N-methyl/N-ethyl adjacent to an activating group) is 1. The highest BCUT2D eigenvalue weighted by atomic mass is 16.6. The first-order valence-electron chi connectivity index (χ1n) is 9.50. The Kier molecular flexibility index (Phi) is 4.92. The quantitative estimate of drug-likeness (QED) is 0.741. The normalized spacial score (nSPS) is 30.8. The molecule has 24 heavy (non-hydrogen) atoms. The Bertz CT molecular complexity index is 495. The lowest BCUT2D eigenvalue weighted by molar-refractivity contribution is -0.161. The lowest BCUT2D eigenvalue weighted by Crippen LogP contribution is -2.49. The lowest BCUT2D eigenvalue weighted by Gasteiger charge is -2.34. The molecule has 1 heterocycles. The highest BCUT2D eigenvalue weighted by Crippen LogP contribution is 2.40. The van der Waals surface area contributed by atoms with Crippen LogP contribution in [-0.2, 0) is 14.3 Å². The summed E-state index contributed by atoms with van der Waals surface area (Å²) in [5.74, 6) is 0.534. The summed E-state index contributed by atoms with van der Waals surface area (Å²) >= 11 is 0. The number of likely N-dealkylation sites (tertiary alicyclic amines) is 1. The average molecular weight is 336 g/mol. The first kappa shape index (κ1) is 17.7. The summed E-state index contributed by atoms with van der Waals surface area (Å²) in [4.78, 5) is 29.4. The van der Waals surface area contributed by atoms with Crippen LogP contribution in [-0.4, -0.2) is 59.0 Å². The first-order valence-corrected chi connectivity index (χ1v) is 9.50. The van der Waals surface area contributed by atoms with Crippen molar-refractivity contribution in [3.63, 3.8) is 0 Å². The third-order valence-electron chi connectivity index (χ3n) is 5.71. The van der Waals surface area contributed by atoms with Gasteiger partial charge in [-0.3, -0.25) is 14.5 Å². The first-order chi connectivity index (χ1) is 11.3. The van der Waals surface area contributed by atoms with E-state index in [2.05, 4.69) is 4.90 Å². The molecule has 0 aromatic rings. The van der Waals surface area contributed by atoms with Crippen molar-refractivity contribution in [2.45, 2.75) is 89.4 Å². The van der Waals surface area contributed by atoms with Crippen LogP contribution in [0.2, 0.25) is 0 Å². The van der Waals surface area contributed by atoms with Gasteiger partial charge in [0.2, 0.25) is 5.91 Å². The molecule has 1 saturated heterocycles. The zero-order chi connectivity index (χ0) is 17.5. The van der Waals surface area contributed by atoms with Gasteiger partial charge < -0.3 is 9.64 Å². The van der Waals surface area contributed by atoms with Crippen molar-refractivity contribution >= 4 is 11.9 Å². The Balaban J connectivity index is 1.72.